The first kappa shape index (κ1) is 18.9. The van der Waals surface area contributed by atoms with Gasteiger partial charge in [0.05, 0.1) is 32.7 Å². The van der Waals surface area contributed by atoms with Crippen LogP contribution >= 0.6 is 15.9 Å². The highest BCUT2D eigenvalue weighted by molar-refractivity contribution is 9.10. The number of rotatable bonds is 6. The molecule has 1 aliphatic rings. The lowest BCUT2D eigenvalue weighted by Crippen LogP contribution is -3.16. The van der Waals surface area contributed by atoms with E-state index in [1.165, 1.54) is 24.2 Å². The highest BCUT2D eigenvalue weighted by atomic mass is 79.9. The Morgan fingerprint density at radius 1 is 1.12 bits per heavy atom. The van der Waals surface area contributed by atoms with Crippen molar-refractivity contribution in [2.45, 2.75) is 37.6 Å². The van der Waals surface area contributed by atoms with Crippen molar-refractivity contribution >= 4 is 27.7 Å². The molecule has 5 nitrogen and oxygen atoms in total. The van der Waals surface area contributed by atoms with Crippen molar-refractivity contribution in [2.24, 2.45) is 0 Å². The van der Waals surface area contributed by atoms with Gasteiger partial charge in [0.1, 0.15) is 5.54 Å². The van der Waals surface area contributed by atoms with E-state index in [0.29, 0.717) is 12.1 Å². The molecule has 0 aromatic heterocycles. The molecule has 0 saturated heterocycles. The van der Waals surface area contributed by atoms with E-state index in [-0.39, 0.29) is 23.9 Å². The maximum atomic E-state index is 12.1. The summed E-state index contributed by atoms with van der Waals surface area (Å²) in [5.74, 6) is -0.384. The Morgan fingerprint density at radius 3 is 2.42 bits per heavy atom. The molecule has 0 aliphatic heterocycles. The Hall–Kier alpha value is -1.40. The lowest BCUT2D eigenvalue weighted by molar-refractivity contribution is -0.916. The number of halogens is 1. The van der Waals surface area contributed by atoms with Gasteiger partial charge in [-0.2, -0.15) is 0 Å². The first-order valence-electron chi connectivity index (χ1n) is 8.55. The summed E-state index contributed by atoms with van der Waals surface area (Å²) < 4.78 is 0.722. The minimum atomic E-state index is -0.247. The predicted molar refractivity (Wildman–Crippen MR) is 98.1 cm³/mol. The number of amides is 2. The lowest BCUT2D eigenvalue weighted by Gasteiger charge is -2.39. The van der Waals surface area contributed by atoms with Gasteiger partial charge in [0, 0.05) is 17.3 Å². The molecular weight excluding hydrogens is 370 g/mol. The second kappa shape index (κ2) is 8.62. The zero-order valence-corrected chi connectivity index (χ0v) is 16.0. The zero-order valence-electron chi connectivity index (χ0n) is 14.5. The maximum absolute atomic E-state index is 12.1. The maximum Gasteiger partial charge on any atom is 0.252 e. The predicted octanol–water partition coefficient (Wildman–Crippen LogP) is 1.14. The van der Waals surface area contributed by atoms with Crippen LogP contribution in [0.1, 0.15) is 42.5 Å². The van der Waals surface area contributed by atoms with E-state index in [4.69, 9.17) is 0 Å². The summed E-state index contributed by atoms with van der Waals surface area (Å²) in [6, 6.07) is 7.18. The highest BCUT2D eigenvalue weighted by Crippen LogP contribution is 2.24. The number of hydrogen-bond acceptors (Lipinski definition) is 2. The van der Waals surface area contributed by atoms with Crippen LogP contribution in [-0.2, 0) is 4.79 Å². The van der Waals surface area contributed by atoms with Crippen molar-refractivity contribution in [2.75, 3.05) is 27.2 Å². The third-order valence-electron chi connectivity index (χ3n) is 5.02. The van der Waals surface area contributed by atoms with Gasteiger partial charge in [-0.15, -0.1) is 0 Å². The Labute approximate surface area is 152 Å². The van der Waals surface area contributed by atoms with Crippen LogP contribution in [0.4, 0.5) is 0 Å². The van der Waals surface area contributed by atoms with E-state index >= 15 is 0 Å². The first-order valence-corrected chi connectivity index (χ1v) is 9.34. The van der Waals surface area contributed by atoms with Crippen LogP contribution in [0.2, 0.25) is 0 Å². The van der Waals surface area contributed by atoms with E-state index in [9.17, 15) is 9.59 Å². The Kier molecular flexibility index (Phi) is 6.80. The van der Waals surface area contributed by atoms with Gasteiger partial charge in [0.15, 0.2) is 0 Å². The molecule has 0 spiro atoms. The highest BCUT2D eigenvalue weighted by Gasteiger charge is 2.38. The average molecular weight is 397 g/mol. The first-order chi connectivity index (χ1) is 11.4. The van der Waals surface area contributed by atoms with E-state index in [1.807, 2.05) is 12.1 Å². The second-order valence-electron chi connectivity index (χ2n) is 6.78. The van der Waals surface area contributed by atoms with Gasteiger partial charge in [0.2, 0.25) is 5.91 Å². The molecular formula is C18H27BrN3O2+. The van der Waals surface area contributed by atoms with Gasteiger partial charge in [-0.1, -0.05) is 18.6 Å². The number of quaternary nitrogens is 1. The molecule has 0 unspecified atom stereocenters. The van der Waals surface area contributed by atoms with Gasteiger partial charge in [-0.3, -0.25) is 9.59 Å². The molecule has 0 heterocycles. The van der Waals surface area contributed by atoms with Crippen molar-refractivity contribution < 1.29 is 14.5 Å². The molecule has 132 valence electrons. The van der Waals surface area contributed by atoms with Gasteiger partial charge < -0.3 is 15.5 Å². The quantitative estimate of drug-likeness (QED) is 0.674. The molecule has 2 rings (SSSR count). The summed E-state index contributed by atoms with van der Waals surface area (Å²) in [5.41, 5.74) is 0.659. The molecule has 6 heteroatoms. The van der Waals surface area contributed by atoms with Crippen LogP contribution in [0.3, 0.4) is 0 Å². The number of benzene rings is 1. The van der Waals surface area contributed by atoms with Gasteiger partial charge in [0.25, 0.3) is 5.91 Å². The van der Waals surface area contributed by atoms with Crippen molar-refractivity contribution in [1.29, 1.82) is 0 Å². The number of hydrogen-bond donors (Lipinski definition) is 3. The minimum absolute atomic E-state index is 0.000983. The summed E-state index contributed by atoms with van der Waals surface area (Å²) in [6.45, 7) is 0.665. The SMILES string of the molecule is C[NH+](C)C1(CNC(=O)CNC(=O)c2ccccc2Br)CCCCC1. The zero-order chi connectivity index (χ0) is 17.6. The third kappa shape index (κ3) is 4.80. The van der Waals surface area contributed by atoms with Crippen LogP contribution in [0.25, 0.3) is 0 Å². The van der Waals surface area contributed by atoms with Crippen LogP contribution in [0.5, 0.6) is 0 Å². The summed E-state index contributed by atoms with van der Waals surface area (Å²) in [4.78, 5) is 25.6. The molecule has 2 amide bonds. The molecule has 3 N–H and O–H groups in total. The molecule has 0 radical (unpaired) electrons. The minimum Gasteiger partial charge on any atom is -0.348 e. The lowest BCUT2D eigenvalue weighted by atomic mass is 9.80. The van der Waals surface area contributed by atoms with Crippen molar-refractivity contribution in [1.82, 2.24) is 10.6 Å². The van der Waals surface area contributed by atoms with Gasteiger partial charge in [-0.05, 0) is 40.9 Å². The molecule has 0 atom stereocenters. The molecule has 1 aromatic carbocycles. The van der Waals surface area contributed by atoms with Crippen LogP contribution in [0.15, 0.2) is 28.7 Å². The number of carbonyl (C=O) groups is 2. The number of likely N-dealkylation sites (N-methyl/N-ethyl adjacent to an activating group) is 1. The fourth-order valence-electron chi connectivity index (χ4n) is 3.31. The summed E-state index contributed by atoms with van der Waals surface area (Å²) in [7, 11) is 4.32. The van der Waals surface area contributed by atoms with Crippen LogP contribution < -0.4 is 15.5 Å². The van der Waals surface area contributed by atoms with Crippen molar-refractivity contribution in [3.05, 3.63) is 34.3 Å². The molecule has 1 aromatic rings. The molecule has 1 fully saturated rings. The fraction of sp³-hybridized carbons (Fsp3) is 0.556. The molecule has 1 saturated carbocycles. The fourth-order valence-corrected chi connectivity index (χ4v) is 3.78. The summed E-state index contributed by atoms with van der Waals surface area (Å²) >= 11 is 3.35. The molecule has 0 bridgehead atoms. The van der Waals surface area contributed by atoms with E-state index in [0.717, 1.165) is 17.3 Å². The monoisotopic (exact) mass is 396 g/mol. The average Bonchev–Trinajstić information content (AvgIpc) is 2.59. The van der Waals surface area contributed by atoms with Crippen molar-refractivity contribution in [3.8, 4) is 0 Å². The largest absolute Gasteiger partial charge is 0.348 e. The third-order valence-corrected chi connectivity index (χ3v) is 5.71. The van der Waals surface area contributed by atoms with Gasteiger partial charge >= 0.3 is 0 Å². The van der Waals surface area contributed by atoms with Gasteiger partial charge in [-0.25, -0.2) is 0 Å². The van der Waals surface area contributed by atoms with E-state index < -0.39 is 0 Å². The Balaban J connectivity index is 1.83. The smallest absolute Gasteiger partial charge is 0.252 e. The van der Waals surface area contributed by atoms with Crippen LogP contribution in [-0.4, -0.2) is 44.5 Å². The van der Waals surface area contributed by atoms with E-state index in [2.05, 4.69) is 40.7 Å². The topological polar surface area (TPSA) is 62.6 Å². The summed E-state index contributed by atoms with van der Waals surface area (Å²) in [6.07, 6.45) is 6.00. The van der Waals surface area contributed by atoms with Crippen molar-refractivity contribution in [3.63, 3.8) is 0 Å². The normalized spacial score (nSPS) is 16.7. The Bertz CT molecular complexity index is 583. The molecule has 1 aliphatic carbocycles. The molecule has 24 heavy (non-hydrogen) atoms. The number of carbonyl (C=O) groups excluding carboxylic acids is 2. The Morgan fingerprint density at radius 2 is 1.79 bits per heavy atom. The summed E-state index contributed by atoms with van der Waals surface area (Å²) in [5, 5.41) is 5.69. The standard InChI is InChI=1S/C18H26BrN3O2/c1-22(2)18(10-6-3-7-11-18)13-21-16(23)12-20-17(24)14-8-4-5-9-15(14)19/h4-5,8-9H,3,6-7,10-13H2,1-2H3,(H,20,24)(H,21,23)/p+1. The van der Waals surface area contributed by atoms with Crippen LogP contribution in [0, 0.1) is 0 Å². The van der Waals surface area contributed by atoms with E-state index in [1.54, 1.807) is 12.1 Å². The second-order valence-corrected chi connectivity index (χ2v) is 7.63. The number of nitrogens with one attached hydrogen (secondary N) is 3.